The Morgan fingerprint density at radius 1 is 1.21 bits per heavy atom. The molecular weight excluding hydrogens is 242 g/mol. The van der Waals surface area contributed by atoms with Crippen molar-refractivity contribution >= 4 is 11.8 Å². The highest BCUT2D eigenvalue weighted by molar-refractivity contribution is 5.87. The molecule has 0 aliphatic heterocycles. The van der Waals surface area contributed by atoms with Gasteiger partial charge in [-0.1, -0.05) is 26.2 Å². The zero-order chi connectivity index (χ0) is 14.4. The molecule has 2 N–H and O–H groups in total. The van der Waals surface area contributed by atoms with E-state index in [2.05, 4.69) is 0 Å². The van der Waals surface area contributed by atoms with E-state index < -0.39 is 6.04 Å². The molecule has 2 amide bonds. The molecule has 0 radical (unpaired) electrons. The van der Waals surface area contributed by atoms with E-state index in [1.165, 1.54) is 24.2 Å². The number of nitrogens with zero attached hydrogens (tertiary/aromatic N) is 2. The predicted molar refractivity (Wildman–Crippen MR) is 75.5 cm³/mol. The number of rotatable bonds is 5. The van der Waals surface area contributed by atoms with Crippen LogP contribution in [0.15, 0.2) is 0 Å². The number of amides is 2. The zero-order valence-corrected chi connectivity index (χ0v) is 12.4. The SMILES string of the molecule is CC[C@H](N)C(=O)N(C)CC(=O)N(C)C1CCCCC1. The molecule has 0 heterocycles. The molecule has 1 aliphatic carbocycles. The van der Waals surface area contributed by atoms with Crippen molar-refractivity contribution in [3.05, 3.63) is 0 Å². The molecule has 1 atom stereocenters. The molecule has 110 valence electrons. The Morgan fingerprint density at radius 2 is 1.79 bits per heavy atom. The first-order chi connectivity index (χ1) is 8.97. The van der Waals surface area contributed by atoms with Crippen LogP contribution in [-0.2, 0) is 9.59 Å². The second-order valence-corrected chi connectivity index (χ2v) is 5.51. The molecule has 1 rings (SSSR count). The summed E-state index contributed by atoms with van der Waals surface area (Å²) < 4.78 is 0. The van der Waals surface area contributed by atoms with E-state index in [9.17, 15) is 9.59 Å². The molecule has 1 aliphatic rings. The van der Waals surface area contributed by atoms with Crippen LogP contribution in [0.25, 0.3) is 0 Å². The maximum Gasteiger partial charge on any atom is 0.242 e. The normalized spacial score (nSPS) is 17.9. The summed E-state index contributed by atoms with van der Waals surface area (Å²) in [4.78, 5) is 27.2. The van der Waals surface area contributed by atoms with E-state index in [0.29, 0.717) is 12.5 Å². The largest absolute Gasteiger partial charge is 0.341 e. The van der Waals surface area contributed by atoms with Gasteiger partial charge < -0.3 is 15.5 Å². The molecule has 1 fully saturated rings. The fourth-order valence-electron chi connectivity index (χ4n) is 2.52. The molecule has 1 saturated carbocycles. The lowest BCUT2D eigenvalue weighted by molar-refractivity contribution is -0.140. The third-order valence-corrected chi connectivity index (χ3v) is 4.02. The van der Waals surface area contributed by atoms with Gasteiger partial charge in [0.05, 0.1) is 12.6 Å². The Balaban J connectivity index is 2.46. The van der Waals surface area contributed by atoms with Gasteiger partial charge in [-0.2, -0.15) is 0 Å². The first-order valence-corrected chi connectivity index (χ1v) is 7.23. The molecule has 0 unspecified atom stereocenters. The van der Waals surface area contributed by atoms with E-state index in [1.807, 2.05) is 14.0 Å². The molecule has 0 aromatic rings. The van der Waals surface area contributed by atoms with Crippen LogP contribution in [0, 0.1) is 0 Å². The summed E-state index contributed by atoms with van der Waals surface area (Å²) in [6.45, 7) is 1.99. The van der Waals surface area contributed by atoms with E-state index >= 15 is 0 Å². The summed E-state index contributed by atoms with van der Waals surface area (Å²) in [5, 5.41) is 0. The van der Waals surface area contributed by atoms with E-state index in [4.69, 9.17) is 5.73 Å². The van der Waals surface area contributed by atoms with E-state index in [0.717, 1.165) is 12.8 Å². The molecular formula is C14H27N3O2. The minimum Gasteiger partial charge on any atom is -0.341 e. The van der Waals surface area contributed by atoms with Crippen molar-refractivity contribution in [3.63, 3.8) is 0 Å². The van der Waals surface area contributed by atoms with Gasteiger partial charge in [-0.25, -0.2) is 0 Å². The maximum atomic E-state index is 12.2. The van der Waals surface area contributed by atoms with Crippen LogP contribution in [-0.4, -0.2) is 54.3 Å². The number of carbonyl (C=O) groups is 2. The second-order valence-electron chi connectivity index (χ2n) is 5.51. The number of hydrogen-bond acceptors (Lipinski definition) is 3. The van der Waals surface area contributed by atoms with Gasteiger partial charge in [0.2, 0.25) is 11.8 Å². The quantitative estimate of drug-likeness (QED) is 0.809. The van der Waals surface area contributed by atoms with E-state index in [1.54, 1.807) is 11.9 Å². The average Bonchev–Trinajstić information content (AvgIpc) is 2.45. The van der Waals surface area contributed by atoms with Gasteiger partial charge >= 0.3 is 0 Å². The summed E-state index contributed by atoms with van der Waals surface area (Å²) in [7, 11) is 3.49. The number of nitrogens with two attached hydrogens (primary N) is 1. The van der Waals surface area contributed by atoms with Crippen LogP contribution in [0.2, 0.25) is 0 Å². The Labute approximate surface area is 116 Å². The van der Waals surface area contributed by atoms with Gasteiger partial charge in [-0.3, -0.25) is 9.59 Å². The van der Waals surface area contributed by atoms with Crippen LogP contribution in [0.4, 0.5) is 0 Å². The van der Waals surface area contributed by atoms with Crippen molar-refractivity contribution in [3.8, 4) is 0 Å². The fourth-order valence-corrected chi connectivity index (χ4v) is 2.52. The topological polar surface area (TPSA) is 66.6 Å². The monoisotopic (exact) mass is 269 g/mol. The first-order valence-electron chi connectivity index (χ1n) is 7.23. The molecule has 0 aromatic carbocycles. The molecule has 19 heavy (non-hydrogen) atoms. The number of hydrogen-bond donors (Lipinski definition) is 1. The molecule has 0 aromatic heterocycles. The lowest BCUT2D eigenvalue weighted by atomic mass is 9.94. The van der Waals surface area contributed by atoms with Crippen LogP contribution >= 0.6 is 0 Å². The first kappa shape index (κ1) is 16.0. The van der Waals surface area contributed by atoms with Gasteiger partial charge in [0.25, 0.3) is 0 Å². The molecule has 0 saturated heterocycles. The minimum atomic E-state index is -0.502. The molecule has 5 heteroatoms. The average molecular weight is 269 g/mol. The molecule has 5 nitrogen and oxygen atoms in total. The Hall–Kier alpha value is -1.10. The van der Waals surface area contributed by atoms with Crippen LogP contribution < -0.4 is 5.73 Å². The van der Waals surface area contributed by atoms with E-state index in [-0.39, 0.29) is 18.4 Å². The highest BCUT2D eigenvalue weighted by Crippen LogP contribution is 2.21. The lowest BCUT2D eigenvalue weighted by Crippen LogP contribution is -2.48. The van der Waals surface area contributed by atoms with Crippen LogP contribution in [0.3, 0.4) is 0 Å². The summed E-state index contributed by atoms with van der Waals surface area (Å²) >= 11 is 0. The Bertz CT molecular complexity index is 314. The molecule has 0 spiro atoms. The van der Waals surface area contributed by atoms with Crippen molar-refractivity contribution in [2.75, 3.05) is 20.6 Å². The van der Waals surface area contributed by atoms with Crippen molar-refractivity contribution in [1.82, 2.24) is 9.80 Å². The lowest BCUT2D eigenvalue weighted by Gasteiger charge is -2.32. The summed E-state index contributed by atoms with van der Waals surface area (Å²) in [5.41, 5.74) is 5.70. The minimum absolute atomic E-state index is 0.00560. The zero-order valence-electron chi connectivity index (χ0n) is 12.4. The summed E-state index contributed by atoms with van der Waals surface area (Å²) in [5.74, 6) is -0.154. The molecule has 0 bridgehead atoms. The Kier molecular flexibility index (Phi) is 6.28. The number of likely N-dealkylation sites (N-methyl/N-ethyl adjacent to an activating group) is 2. The summed E-state index contributed by atoms with van der Waals surface area (Å²) in [6, 6.07) is -0.164. The maximum absolute atomic E-state index is 12.2. The van der Waals surface area contributed by atoms with Crippen molar-refractivity contribution < 1.29 is 9.59 Å². The Morgan fingerprint density at radius 3 is 2.32 bits per heavy atom. The van der Waals surface area contributed by atoms with Gasteiger partial charge in [-0.15, -0.1) is 0 Å². The van der Waals surface area contributed by atoms with Crippen molar-refractivity contribution in [2.24, 2.45) is 5.73 Å². The highest BCUT2D eigenvalue weighted by atomic mass is 16.2. The third-order valence-electron chi connectivity index (χ3n) is 4.02. The van der Waals surface area contributed by atoms with Gasteiger partial charge in [-0.05, 0) is 19.3 Å². The van der Waals surface area contributed by atoms with Crippen molar-refractivity contribution in [2.45, 2.75) is 57.5 Å². The van der Waals surface area contributed by atoms with Gasteiger partial charge in [0.15, 0.2) is 0 Å². The number of carbonyl (C=O) groups excluding carboxylic acids is 2. The van der Waals surface area contributed by atoms with Crippen molar-refractivity contribution in [1.29, 1.82) is 0 Å². The standard InChI is InChI=1S/C14H27N3O2/c1-4-12(15)14(19)16(2)10-13(18)17(3)11-8-6-5-7-9-11/h11-12H,4-10,15H2,1-3H3/t12-/m0/s1. The van der Waals surface area contributed by atoms with Crippen LogP contribution in [0.5, 0.6) is 0 Å². The fraction of sp³-hybridized carbons (Fsp3) is 0.857. The highest BCUT2D eigenvalue weighted by Gasteiger charge is 2.25. The van der Waals surface area contributed by atoms with Gasteiger partial charge in [0.1, 0.15) is 0 Å². The second kappa shape index (κ2) is 7.48. The smallest absolute Gasteiger partial charge is 0.242 e. The van der Waals surface area contributed by atoms with Gasteiger partial charge in [0, 0.05) is 20.1 Å². The third kappa shape index (κ3) is 4.49. The predicted octanol–water partition coefficient (Wildman–Crippen LogP) is 0.973. The van der Waals surface area contributed by atoms with Crippen LogP contribution in [0.1, 0.15) is 45.4 Å². The summed E-state index contributed by atoms with van der Waals surface area (Å²) in [6.07, 6.45) is 6.40.